The standard InChI is InChI=1S/C9H8N4O4/c14-8(15)4-17-12-9(16)5-1-2-6-7(3-5)11-13-10-6/h1-3H,4H2,(H,12,16)(H,14,15)(H,10,11,13). The summed E-state index contributed by atoms with van der Waals surface area (Å²) in [4.78, 5) is 26.1. The highest BCUT2D eigenvalue weighted by Crippen LogP contribution is 2.10. The number of hydrogen-bond acceptors (Lipinski definition) is 5. The number of hydrogen-bond donors (Lipinski definition) is 3. The molecule has 0 saturated carbocycles. The van der Waals surface area contributed by atoms with E-state index >= 15 is 0 Å². The third-order valence-corrected chi connectivity index (χ3v) is 1.94. The number of carboxylic acid groups (broad SMARTS) is 1. The molecular formula is C9H8N4O4. The van der Waals surface area contributed by atoms with Crippen molar-refractivity contribution in [3.8, 4) is 0 Å². The lowest BCUT2D eigenvalue weighted by molar-refractivity contribution is -0.144. The molecule has 3 N–H and O–H groups in total. The normalized spacial score (nSPS) is 10.4. The van der Waals surface area contributed by atoms with Gasteiger partial charge in [0.15, 0.2) is 6.61 Å². The van der Waals surface area contributed by atoms with Crippen LogP contribution in [0.2, 0.25) is 0 Å². The van der Waals surface area contributed by atoms with Gasteiger partial charge in [-0.3, -0.25) is 9.63 Å². The Hall–Kier alpha value is -2.48. The number of carboxylic acids is 1. The molecule has 8 heteroatoms. The Morgan fingerprint density at radius 2 is 2.12 bits per heavy atom. The van der Waals surface area contributed by atoms with Gasteiger partial charge >= 0.3 is 5.97 Å². The second-order valence-electron chi connectivity index (χ2n) is 3.14. The van der Waals surface area contributed by atoms with Gasteiger partial charge in [-0.1, -0.05) is 0 Å². The summed E-state index contributed by atoms with van der Waals surface area (Å²) in [6, 6.07) is 4.66. The number of aromatic nitrogens is 3. The van der Waals surface area contributed by atoms with E-state index in [1.807, 2.05) is 5.48 Å². The summed E-state index contributed by atoms with van der Waals surface area (Å²) in [5.74, 6) is -1.71. The van der Waals surface area contributed by atoms with Gasteiger partial charge in [0.05, 0.1) is 0 Å². The zero-order chi connectivity index (χ0) is 12.3. The molecular weight excluding hydrogens is 228 g/mol. The van der Waals surface area contributed by atoms with Crippen LogP contribution in [0.25, 0.3) is 11.0 Å². The molecule has 0 bridgehead atoms. The first-order valence-corrected chi connectivity index (χ1v) is 4.61. The van der Waals surface area contributed by atoms with E-state index in [1.54, 1.807) is 6.07 Å². The lowest BCUT2D eigenvalue weighted by Crippen LogP contribution is -2.26. The third kappa shape index (κ3) is 2.55. The lowest BCUT2D eigenvalue weighted by atomic mass is 10.2. The van der Waals surface area contributed by atoms with Gasteiger partial charge in [0.1, 0.15) is 11.0 Å². The molecule has 8 nitrogen and oxygen atoms in total. The van der Waals surface area contributed by atoms with E-state index in [1.165, 1.54) is 12.1 Å². The number of rotatable bonds is 4. The number of benzene rings is 1. The smallest absolute Gasteiger partial charge is 0.332 e. The van der Waals surface area contributed by atoms with Crippen molar-refractivity contribution in [2.45, 2.75) is 0 Å². The van der Waals surface area contributed by atoms with Crippen LogP contribution < -0.4 is 5.48 Å². The number of carbonyl (C=O) groups is 2. The fourth-order valence-electron chi connectivity index (χ4n) is 1.20. The minimum atomic E-state index is -1.17. The molecule has 0 aliphatic rings. The monoisotopic (exact) mass is 236 g/mol. The van der Waals surface area contributed by atoms with Crippen LogP contribution in [-0.2, 0) is 9.63 Å². The largest absolute Gasteiger partial charge is 0.479 e. The van der Waals surface area contributed by atoms with E-state index in [0.717, 1.165) is 0 Å². The van der Waals surface area contributed by atoms with Crippen LogP contribution in [0, 0.1) is 0 Å². The number of fused-ring (bicyclic) bond motifs is 1. The first kappa shape index (κ1) is 11.0. The predicted octanol–water partition coefficient (Wildman–Crippen LogP) is -0.296. The topological polar surface area (TPSA) is 117 Å². The Labute approximate surface area is 94.5 Å². The molecule has 1 amide bonds. The number of hydroxylamine groups is 1. The van der Waals surface area contributed by atoms with Gasteiger partial charge in [-0.15, -0.1) is 0 Å². The maximum absolute atomic E-state index is 11.5. The summed E-state index contributed by atoms with van der Waals surface area (Å²) >= 11 is 0. The number of nitrogens with zero attached hydrogens (tertiary/aromatic N) is 2. The third-order valence-electron chi connectivity index (χ3n) is 1.94. The van der Waals surface area contributed by atoms with Crippen LogP contribution in [0.4, 0.5) is 0 Å². The van der Waals surface area contributed by atoms with E-state index in [9.17, 15) is 9.59 Å². The lowest BCUT2D eigenvalue weighted by Gasteiger charge is -2.03. The van der Waals surface area contributed by atoms with Gasteiger partial charge in [-0.05, 0) is 18.2 Å². The van der Waals surface area contributed by atoms with Crippen molar-refractivity contribution < 1.29 is 19.5 Å². The van der Waals surface area contributed by atoms with Crippen LogP contribution in [0.15, 0.2) is 18.2 Å². The molecule has 0 atom stereocenters. The van der Waals surface area contributed by atoms with Crippen LogP contribution in [0.3, 0.4) is 0 Å². The number of aromatic amines is 1. The minimum Gasteiger partial charge on any atom is -0.479 e. The van der Waals surface area contributed by atoms with Gasteiger partial charge in [-0.25, -0.2) is 10.3 Å². The molecule has 0 unspecified atom stereocenters. The molecule has 17 heavy (non-hydrogen) atoms. The average molecular weight is 236 g/mol. The molecule has 2 aromatic rings. The first-order valence-electron chi connectivity index (χ1n) is 4.61. The molecule has 0 spiro atoms. The Morgan fingerprint density at radius 1 is 1.35 bits per heavy atom. The van der Waals surface area contributed by atoms with E-state index in [-0.39, 0.29) is 0 Å². The Morgan fingerprint density at radius 3 is 2.88 bits per heavy atom. The van der Waals surface area contributed by atoms with Gasteiger partial charge in [-0.2, -0.15) is 15.4 Å². The summed E-state index contributed by atoms with van der Waals surface area (Å²) in [6.07, 6.45) is 0. The van der Waals surface area contributed by atoms with Crippen molar-refractivity contribution >= 4 is 22.9 Å². The fourth-order valence-corrected chi connectivity index (χ4v) is 1.20. The van der Waals surface area contributed by atoms with Gasteiger partial charge in [0.25, 0.3) is 5.91 Å². The zero-order valence-corrected chi connectivity index (χ0v) is 8.51. The SMILES string of the molecule is O=C(O)CONC(=O)c1ccc2n[nH]nc2c1. The summed E-state index contributed by atoms with van der Waals surface area (Å²) in [7, 11) is 0. The maximum Gasteiger partial charge on any atom is 0.332 e. The van der Waals surface area contributed by atoms with Gasteiger partial charge in [0, 0.05) is 5.56 Å². The molecule has 0 aliphatic heterocycles. The minimum absolute atomic E-state index is 0.303. The second kappa shape index (κ2) is 4.58. The van der Waals surface area contributed by atoms with E-state index in [4.69, 9.17) is 5.11 Å². The van der Waals surface area contributed by atoms with E-state index in [2.05, 4.69) is 20.2 Å². The van der Waals surface area contributed by atoms with Crippen LogP contribution in [-0.4, -0.2) is 39.0 Å². The van der Waals surface area contributed by atoms with E-state index < -0.39 is 18.5 Å². The number of nitrogens with one attached hydrogen (secondary N) is 2. The van der Waals surface area contributed by atoms with Crippen LogP contribution in [0.5, 0.6) is 0 Å². The van der Waals surface area contributed by atoms with Gasteiger partial charge in [0.2, 0.25) is 0 Å². The quantitative estimate of drug-likeness (QED) is 0.627. The van der Waals surface area contributed by atoms with Crippen molar-refractivity contribution in [2.75, 3.05) is 6.61 Å². The molecule has 0 radical (unpaired) electrons. The molecule has 1 aromatic carbocycles. The molecule has 1 aromatic heterocycles. The van der Waals surface area contributed by atoms with Crippen LogP contribution in [0.1, 0.15) is 10.4 Å². The number of aliphatic carboxylic acids is 1. The second-order valence-corrected chi connectivity index (χ2v) is 3.14. The molecule has 0 fully saturated rings. The summed E-state index contributed by atoms with van der Waals surface area (Å²) in [5, 5.41) is 18.4. The number of amides is 1. The molecule has 88 valence electrons. The van der Waals surface area contributed by atoms with Crippen molar-refractivity contribution in [3.63, 3.8) is 0 Å². The van der Waals surface area contributed by atoms with Gasteiger partial charge < -0.3 is 5.11 Å². The highest BCUT2D eigenvalue weighted by molar-refractivity contribution is 5.96. The van der Waals surface area contributed by atoms with E-state index in [0.29, 0.717) is 16.6 Å². The Bertz CT molecular complexity index is 565. The highest BCUT2D eigenvalue weighted by atomic mass is 16.7. The molecule has 0 saturated heterocycles. The average Bonchev–Trinajstić information content (AvgIpc) is 2.75. The zero-order valence-electron chi connectivity index (χ0n) is 8.51. The Balaban J connectivity index is 2.05. The predicted molar refractivity (Wildman–Crippen MR) is 54.9 cm³/mol. The fraction of sp³-hybridized carbons (Fsp3) is 0.111. The highest BCUT2D eigenvalue weighted by Gasteiger charge is 2.08. The molecule has 1 heterocycles. The summed E-state index contributed by atoms with van der Waals surface area (Å²) in [6.45, 7) is -0.599. The van der Waals surface area contributed by atoms with Crippen molar-refractivity contribution in [3.05, 3.63) is 23.8 Å². The summed E-state index contributed by atoms with van der Waals surface area (Å²) in [5.41, 5.74) is 3.48. The van der Waals surface area contributed by atoms with Crippen molar-refractivity contribution in [1.82, 2.24) is 20.9 Å². The maximum atomic E-state index is 11.5. The first-order chi connectivity index (χ1) is 8.16. The number of H-pyrrole nitrogens is 1. The van der Waals surface area contributed by atoms with Crippen molar-refractivity contribution in [1.29, 1.82) is 0 Å². The van der Waals surface area contributed by atoms with Crippen molar-refractivity contribution in [2.24, 2.45) is 0 Å². The molecule has 0 aliphatic carbocycles. The number of carbonyl (C=O) groups excluding carboxylic acids is 1. The molecule has 2 rings (SSSR count). The summed E-state index contributed by atoms with van der Waals surface area (Å²) < 4.78 is 0. The Kier molecular flexibility index (Phi) is 2.97. The van der Waals surface area contributed by atoms with Crippen LogP contribution >= 0.6 is 0 Å².